The van der Waals surface area contributed by atoms with Crippen molar-refractivity contribution in [2.45, 2.75) is 26.2 Å². The summed E-state index contributed by atoms with van der Waals surface area (Å²) in [5.74, 6) is 1.21. The lowest BCUT2D eigenvalue weighted by atomic mass is 10.0. The molecule has 0 aliphatic carbocycles. The van der Waals surface area contributed by atoms with Crippen molar-refractivity contribution in [1.29, 1.82) is 0 Å². The van der Waals surface area contributed by atoms with Crippen LogP contribution in [-0.4, -0.2) is 25.0 Å². The highest BCUT2D eigenvalue weighted by molar-refractivity contribution is 14.0. The largest absolute Gasteiger partial charge is 0.492 e. The number of hydrogen-bond acceptors (Lipinski definition) is 3. The first-order valence-corrected chi connectivity index (χ1v) is 8.85. The smallest absolute Gasteiger partial charge is 0.224 e. The quantitative estimate of drug-likeness (QED) is 0.255. The Labute approximate surface area is 176 Å². The highest BCUT2D eigenvalue weighted by Crippen LogP contribution is 2.26. The Hall–Kier alpha value is -2.29. The predicted octanol–water partition coefficient (Wildman–Crippen LogP) is 3.56. The first-order valence-electron chi connectivity index (χ1n) is 8.85. The van der Waals surface area contributed by atoms with Crippen molar-refractivity contribution in [3.05, 3.63) is 53.6 Å². The molecule has 2 aromatic rings. The number of nitrogens with one attached hydrogen (secondary N) is 2. The number of aryl methyl sites for hydroxylation is 2. The average Bonchev–Trinajstić information content (AvgIpc) is 2.65. The van der Waals surface area contributed by atoms with Crippen molar-refractivity contribution >= 4 is 47.2 Å². The number of carbonyl (C=O) groups is 1. The van der Waals surface area contributed by atoms with E-state index in [1.165, 1.54) is 5.56 Å². The predicted molar refractivity (Wildman–Crippen MR) is 120 cm³/mol. The zero-order valence-electron chi connectivity index (χ0n) is 15.3. The van der Waals surface area contributed by atoms with Gasteiger partial charge in [-0.1, -0.05) is 19.1 Å². The number of nitrogens with two attached hydrogens (primary N) is 1. The zero-order chi connectivity index (χ0) is 18.4. The number of fused-ring (bicyclic) bond motifs is 1. The number of benzene rings is 2. The number of anilines is 2. The van der Waals surface area contributed by atoms with E-state index in [0.717, 1.165) is 35.5 Å². The van der Waals surface area contributed by atoms with E-state index in [1.807, 2.05) is 30.3 Å². The summed E-state index contributed by atoms with van der Waals surface area (Å²) in [6.45, 7) is 3.01. The Balaban J connectivity index is 0.00000261. The number of rotatable bonds is 6. The molecule has 1 amide bonds. The third kappa shape index (κ3) is 6.13. The molecular formula is C20H25IN4O2. The number of nitrogens with zero attached hydrogens (tertiary/aromatic N) is 1. The van der Waals surface area contributed by atoms with Gasteiger partial charge in [-0.15, -0.1) is 24.0 Å². The summed E-state index contributed by atoms with van der Waals surface area (Å²) in [6.07, 6.45) is 2.23. The highest BCUT2D eigenvalue weighted by atomic mass is 127. The molecule has 2 aromatic carbocycles. The maximum Gasteiger partial charge on any atom is 0.224 e. The minimum absolute atomic E-state index is 0. The van der Waals surface area contributed by atoms with Gasteiger partial charge < -0.3 is 21.1 Å². The highest BCUT2D eigenvalue weighted by Gasteiger charge is 2.14. The Kier molecular flexibility index (Phi) is 7.90. The van der Waals surface area contributed by atoms with Gasteiger partial charge >= 0.3 is 0 Å². The summed E-state index contributed by atoms with van der Waals surface area (Å²) in [6, 6.07) is 13.8. The molecule has 0 fully saturated rings. The summed E-state index contributed by atoms with van der Waals surface area (Å²) in [7, 11) is 0. The molecule has 6 nitrogen and oxygen atoms in total. The second kappa shape index (κ2) is 10.1. The number of aliphatic imine (C=N–C) groups is 1. The lowest BCUT2D eigenvalue weighted by molar-refractivity contribution is -0.116. The molecular weight excluding hydrogens is 455 g/mol. The minimum atomic E-state index is 0. The molecule has 3 rings (SSSR count). The van der Waals surface area contributed by atoms with Gasteiger partial charge in [-0.05, 0) is 54.3 Å². The zero-order valence-corrected chi connectivity index (χ0v) is 17.7. The number of hydrogen-bond donors (Lipinski definition) is 3. The molecule has 1 aliphatic heterocycles. The second-order valence-electron chi connectivity index (χ2n) is 6.16. The molecule has 0 spiro atoms. The average molecular weight is 480 g/mol. The third-order valence-corrected chi connectivity index (χ3v) is 4.22. The first-order chi connectivity index (χ1) is 12.6. The van der Waals surface area contributed by atoms with Crippen LogP contribution in [0.25, 0.3) is 0 Å². The summed E-state index contributed by atoms with van der Waals surface area (Å²) < 4.78 is 5.73. The monoisotopic (exact) mass is 480 g/mol. The van der Waals surface area contributed by atoms with Gasteiger partial charge in [-0.25, -0.2) is 4.99 Å². The molecule has 1 aliphatic rings. The fourth-order valence-electron chi connectivity index (χ4n) is 2.84. The van der Waals surface area contributed by atoms with Crippen molar-refractivity contribution in [2.24, 2.45) is 10.7 Å². The summed E-state index contributed by atoms with van der Waals surface area (Å²) >= 11 is 0. The SMILES string of the molecule is CCc1cccc(NC(N)=NCCOc2ccc3c(c2)CCC(=O)N3)c1.I. The van der Waals surface area contributed by atoms with Crippen molar-refractivity contribution in [3.8, 4) is 5.75 Å². The van der Waals surface area contributed by atoms with Crippen molar-refractivity contribution in [3.63, 3.8) is 0 Å². The van der Waals surface area contributed by atoms with Crippen molar-refractivity contribution in [1.82, 2.24) is 0 Å². The third-order valence-electron chi connectivity index (χ3n) is 4.22. The lowest BCUT2D eigenvalue weighted by Gasteiger charge is -2.17. The standard InChI is InChI=1S/C20H24N4O2.HI/c1-2-14-4-3-5-16(12-14)23-20(21)22-10-11-26-17-7-8-18-15(13-17)6-9-19(25)24-18;/h3-5,7-8,12-13H,2,6,9-11H2,1H3,(H,24,25)(H3,21,22,23);1H. The van der Waals surface area contributed by atoms with E-state index in [-0.39, 0.29) is 29.9 Å². The molecule has 0 atom stereocenters. The Morgan fingerprint density at radius 3 is 2.93 bits per heavy atom. The normalized spacial score (nSPS) is 13.2. The maximum atomic E-state index is 11.4. The topological polar surface area (TPSA) is 88.7 Å². The molecule has 0 unspecified atom stereocenters. The van der Waals surface area contributed by atoms with Gasteiger partial charge in [0.05, 0.1) is 6.54 Å². The molecule has 0 bridgehead atoms. The van der Waals surface area contributed by atoms with Crippen LogP contribution in [0.3, 0.4) is 0 Å². The number of carbonyl (C=O) groups excluding carboxylic acids is 1. The summed E-state index contributed by atoms with van der Waals surface area (Å²) in [5, 5.41) is 5.95. The molecule has 4 N–H and O–H groups in total. The van der Waals surface area contributed by atoms with Crippen LogP contribution in [0.15, 0.2) is 47.5 Å². The van der Waals surface area contributed by atoms with E-state index in [9.17, 15) is 4.79 Å². The van der Waals surface area contributed by atoms with Crippen LogP contribution >= 0.6 is 24.0 Å². The fraction of sp³-hybridized carbons (Fsp3) is 0.300. The van der Waals surface area contributed by atoms with Gasteiger partial charge in [-0.3, -0.25) is 4.79 Å². The Bertz CT molecular complexity index is 823. The molecule has 0 radical (unpaired) electrons. The van der Waals surface area contributed by atoms with Gasteiger partial charge in [-0.2, -0.15) is 0 Å². The van der Waals surface area contributed by atoms with E-state index >= 15 is 0 Å². The number of halogens is 1. The Morgan fingerprint density at radius 1 is 1.26 bits per heavy atom. The lowest BCUT2D eigenvalue weighted by Crippen LogP contribution is -2.23. The summed E-state index contributed by atoms with van der Waals surface area (Å²) in [5.41, 5.74) is 10.1. The summed E-state index contributed by atoms with van der Waals surface area (Å²) in [4.78, 5) is 15.7. The van der Waals surface area contributed by atoms with Crippen molar-refractivity contribution < 1.29 is 9.53 Å². The van der Waals surface area contributed by atoms with Gasteiger partial charge in [0, 0.05) is 17.8 Å². The van der Waals surface area contributed by atoms with E-state index < -0.39 is 0 Å². The second-order valence-corrected chi connectivity index (χ2v) is 6.16. The number of ether oxygens (including phenoxy) is 1. The van der Waals surface area contributed by atoms with Crippen LogP contribution in [0, 0.1) is 0 Å². The number of guanidine groups is 1. The van der Waals surface area contributed by atoms with E-state index in [4.69, 9.17) is 10.5 Å². The molecule has 27 heavy (non-hydrogen) atoms. The van der Waals surface area contributed by atoms with Crippen LogP contribution in [0.1, 0.15) is 24.5 Å². The molecule has 1 heterocycles. The Morgan fingerprint density at radius 2 is 2.11 bits per heavy atom. The van der Waals surface area contributed by atoms with Gasteiger partial charge in [0.25, 0.3) is 0 Å². The van der Waals surface area contributed by atoms with Gasteiger partial charge in [0.1, 0.15) is 12.4 Å². The van der Waals surface area contributed by atoms with Crippen LogP contribution in [0.5, 0.6) is 5.75 Å². The van der Waals surface area contributed by atoms with E-state index in [2.05, 4.69) is 34.7 Å². The minimum Gasteiger partial charge on any atom is -0.492 e. The molecule has 0 saturated heterocycles. The molecule has 0 aromatic heterocycles. The molecule has 7 heteroatoms. The number of amides is 1. The van der Waals surface area contributed by atoms with Crippen LogP contribution in [0.4, 0.5) is 11.4 Å². The first kappa shape index (κ1) is 21.0. The van der Waals surface area contributed by atoms with Gasteiger partial charge in [0.2, 0.25) is 5.91 Å². The van der Waals surface area contributed by atoms with Crippen LogP contribution in [-0.2, 0) is 17.6 Å². The van der Waals surface area contributed by atoms with E-state index in [1.54, 1.807) is 0 Å². The van der Waals surface area contributed by atoms with Crippen molar-refractivity contribution in [2.75, 3.05) is 23.8 Å². The molecule has 144 valence electrons. The maximum absolute atomic E-state index is 11.4. The van der Waals surface area contributed by atoms with Crippen LogP contribution < -0.4 is 21.1 Å². The molecule has 0 saturated carbocycles. The van der Waals surface area contributed by atoms with Crippen LogP contribution in [0.2, 0.25) is 0 Å². The van der Waals surface area contributed by atoms with E-state index in [0.29, 0.717) is 25.5 Å². The fourth-order valence-corrected chi connectivity index (χ4v) is 2.84. The van der Waals surface area contributed by atoms with Gasteiger partial charge in [0.15, 0.2) is 5.96 Å².